The number of allylic oxidation sites excluding steroid dienone is 2. The number of nitrogens with one attached hydrogen (secondary N) is 4. The molecule has 4 N–H and O–H groups in total. The van der Waals surface area contributed by atoms with Crippen LogP contribution in [0.4, 0.5) is 21.9 Å². The van der Waals surface area contributed by atoms with Gasteiger partial charge in [-0.3, -0.25) is 9.59 Å². The first-order chi connectivity index (χ1) is 17.8. The molecule has 2 atom stereocenters. The van der Waals surface area contributed by atoms with E-state index in [2.05, 4.69) is 34.4 Å². The zero-order valence-electron chi connectivity index (χ0n) is 23.3. The van der Waals surface area contributed by atoms with Crippen LogP contribution < -0.4 is 21.3 Å². The molecule has 0 bridgehead atoms. The normalized spacial score (nSPS) is 12.8. The van der Waals surface area contributed by atoms with Crippen LogP contribution in [-0.2, 0) is 9.59 Å². The van der Waals surface area contributed by atoms with E-state index in [-0.39, 0.29) is 30.2 Å². The minimum atomic E-state index is -0.898. The molecule has 0 aliphatic rings. The van der Waals surface area contributed by atoms with Crippen LogP contribution in [-0.4, -0.2) is 29.3 Å². The summed E-state index contributed by atoms with van der Waals surface area (Å²) < 4.78 is 0. The lowest BCUT2D eigenvalue weighted by atomic mass is 9.90. The molecule has 38 heavy (non-hydrogen) atoms. The van der Waals surface area contributed by atoms with Crippen LogP contribution in [0.1, 0.15) is 46.6 Å². The highest BCUT2D eigenvalue weighted by atomic mass is 16.2. The SMILES string of the molecule is C=C(C)C=CC(=C)[C@H](C)NC(=O)C(C)CC(=O)C(C)(C)Nc1ccc(NC(=O)Nc2ccccc2C)cc1. The molecule has 0 radical (unpaired) electrons. The summed E-state index contributed by atoms with van der Waals surface area (Å²) in [5.74, 6) is -0.790. The Kier molecular flexibility index (Phi) is 10.6. The van der Waals surface area contributed by atoms with Gasteiger partial charge in [0.25, 0.3) is 0 Å². The summed E-state index contributed by atoms with van der Waals surface area (Å²) in [6.45, 7) is 18.8. The fourth-order valence-corrected chi connectivity index (χ4v) is 3.53. The van der Waals surface area contributed by atoms with Crippen molar-refractivity contribution in [2.75, 3.05) is 16.0 Å². The van der Waals surface area contributed by atoms with Gasteiger partial charge in [0.15, 0.2) is 5.78 Å². The fourth-order valence-electron chi connectivity index (χ4n) is 3.53. The Morgan fingerprint density at radius 3 is 2.13 bits per heavy atom. The number of benzene rings is 2. The number of carbonyl (C=O) groups excluding carboxylic acids is 3. The number of hydrogen-bond donors (Lipinski definition) is 4. The topological polar surface area (TPSA) is 99.3 Å². The van der Waals surface area contributed by atoms with E-state index in [1.807, 2.05) is 57.2 Å². The van der Waals surface area contributed by atoms with Gasteiger partial charge in [-0.25, -0.2) is 4.79 Å². The Morgan fingerprint density at radius 1 is 0.921 bits per heavy atom. The van der Waals surface area contributed by atoms with Gasteiger partial charge in [0.05, 0.1) is 11.6 Å². The van der Waals surface area contributed by atoms with Crippen LogP contribution in [0.5, 0.6) is 0 Å². The third kappa shape index (κ3) is 9.39. The molecular weight excluding hydrogens is 476 g/mol. The monoisotopic (exact) mass is 516 g/mol. The summed E-state index contributed by atoms with van der Waals surface area (Å²) in [5.41, 5.74) is 3.80. The molecule has 7 nitrogen and oxygen atoms in total. The Labute approximate surface area is 226 Å². The molecule has 7 heteroatoms. The van der Waals surface area contributed by atoms with Crippen LogP contribution in [0.15, 0.2) is 85.0 Å². The number of rotatable bonds is 12. The molecule has 0 saturated carbocycles. The largest absolute Gasteiger partial charge is 0.373 e. The summed E-state index contributed by atoms with van der Waals surface area (Å²) in [6, 6.07) is 14.0. The maximum Gasteiger partial charge on any atom is 0.323 e. The third-order valence-electron chi connectivity index (χ3n) is 6.13. The molecule has 0 aromatic heterocycles. The van der Waals surface area contributed by atoms with E-state index in [1.54, 1.807) is 45.0 Å². The molecule has 0 aliphatic heterocycles. The molecule has 1 unspecified atom stereocenters. The smallest absolute Gasteiger partial charge is 0.323 e. The van der Waals surface area contributed by atoms with Crippen molar-refractivity contribution in [2.45, 2.75) is 59.5 Å². The number of ketones is 1. The highest BCUT2D eigenvalue weighted by molar-refractivity contribution is 6.00. The lowest BCUT2D eigenvalue weighted by Gasteiger charge is -2.27. The number of anilines is 3. The van der Waals surface area contributed by atoms with E-state index in [0.29, 0.717) is 5.69 Å². The first-order valence-electron chi connectivity index (χ1n) is 12.7. The van der Waals surface area contributed by atoms with Gasteiger partial charge in [-0.15, -0.1) is 0 Å². The Balaban J connectivity index is 1.90. The van der Waals surface area contributed by atoms with Crippen molar-refractivity contribution in [1.82, 2.24) is 5.32 Å². The van der Waals surface area contributed by atoms with Crippen molar-refractivity contribution in [1.29, 1.82) is 0 Å². The number of carbonyl (C=O) groups is 3. The Bertz CT molecular complexity index is 1210. The van der Waals surface area contributed by atoms with Gasteiger partial charge in [-0.1, -0.05) is 56.0 Å². The number of urea groups is 1. The van der Waals surface area contributed by atoms with E-state index in [1.165, 1.54) is 0 Å². The van der Waals surface area contributed by atoms with Gasteiger partial charge < -0.3 is 21.3 Å². The predicted molar refractivity (Wildman–Crippen MR) is 157 cm³/mol. The van der Waals surface area contributed by atoms with Crippen LogP contribution in [0.25, 0.3) is 0 Å². The van der Waals surface area contributed by atoms with Crippen molar-refractivity contribution in [3.8, 4) is 0 Å². The van der Waals surface area contributed by atoms with Crippen molar-refractivity contribution in [2.24, 2.45) is 5.92 Å². The predicted octanol–water partition coefficient (Wildman–Crippen LogP) is 6.62. The molecule has 0 spiro atoms. The quantitative estimate of drug-likeness (QED) is 0.238. The van der Waals surface area contributed by atoms with Gasteiger partial charge in [0.2, 0.25) is 5.91 Å². The highest BCUT2D eigenvalue weighted by Gasteiger charge is 2.30. The van der Waals surface area contributed by atoms with E-state index >= 15 is 0 Å². The molecule has 2 aromatic carbocycles. The average molecular weight is 517 g/mol. The molecule has 202 valence electrons. The second-order valence-corrected chi connectivity index (χ2v) is 10.2. The Hall–Kier alpha value is -4.13. The number of Topliss-reactive ketones (excluding diaryl/α,β-unsaturated/α-hetero) is 1. The first kappa shape index (κ1) is 30.1. The van der Waals surface area contributed by atoms with E-state index < -0.39 is 11.5 Å². The highest BCUT2D eigenvalue weighted by Crippen LogP contribution is 2.22. The van der Waals surface area contributed by atoms with E-state index in [4.69, 9.17) is 0 Å². The zero-order chi connectivity index (χ0) is 28.5. The lowest BCUT2D eigenvalue weighted by molar-refractivity contribution is -0.130. The Morgan fingerprint density at radius 2 is 1.53 bits per heavy atom. The van der Waals surface area contributed by atoms with Gasteiger partial charge in [-0.05, 0) is 76.1 Å². The molecular formula is C31H40N4O3. The average Bonchev–Trinajstić information content (AvgIpc) is 2.84. The summed E-state index contributed by atoms with van der Waals surface area (Å²) in [6.07, 6.45) is 3.76. The summed E-state index contributed by atoms with van der Waals surface area (Å²) in [4.78, 5) is 38.1. The van der Waals surface area contributed by atoms with Gasteiger partial charge in [0, 0.05) is 29.4 Å². The summed E-state index contributed by atoms with van der Waals surface area (Å²) in [7, 11) is 0. The second kappa shape index (κ2) is 13.4. The van der Waals surface area contributed by atoms with E-state index in [0.717, 1.165) is 28.1 Å². The number of hydrogen-bond acceptors (Lipinski definition) is 4. The number of amides is 3. The standard InChI is InChI=1S/C31H40N4O3/c1-20(2)13-14-21(3)24(6)32-29(37)23(5)19-28(36)31(7,8)35-26-17-15-25(16-18-26)33-30(38)34-27-12-10-9-11-22(27)4/h9-18,23-24,35H,1,3,19H2,2,4-8H3,(H,32,37)(H2,33,34,38)/t23?,24-/m0/s1. The summed E-state index contributed by atoms with van der Waals surface area (Å²) in [5, 5.41) is 11.8. The van der Waals surface area contributed by atoms with Crippen molar-refractivity contribution >= 4 is 34.8 Å². The molecule has 2 aromatic rings. The van der Waals surface area contributed by atoms with Crippen LogP contribution in [0, 0.1) is 12.8 Å². The van der Waals surface area contributed by atoms with Crippen LogP contribution in [0.3, 0.4) is 0 Å². The van der Waals surface area contributed by atoms with Crippen molar-refractivity contribution < 1.29 is 14.4 Å². The molecule has 2 rings (SSSR count). The lowest BCUT2D eigenvalue weighted by Crippen LogP contribution is -2.43. The molecule has 0 fully saturated rings. The van der Waals surface area contributed by atoms with Gasteiger partial charge in [-0.2, -0.15) is 0 Å². The first-order valence-corrected chi connectivity index (χ1v) is 12.7. The molecule has 0 saturated heterocycles. The van der Waals surface area contributed by atoms with E-state index in [9.17, 15) is 14.4 Å². The van der Waals surface area contributed by atoms with Crippen molar-refractivity contribution in [3.05, 3.63) is 90.6 Å². The minimum Gasteiger partial charge on any atom is -0.373 e. The van der Waals surface area contributed by atoms with Gasteiger partial charge >= 0.3 is 6.03 Å². The zero-order valence-corrected chi connectivity index (χ0v) is 23.3. The molecule has 0 aliphatic carbocycles. The van der Waals surface area contributed by atoms with Crippen molar-refractivity contribution in [3.63, 3.8) is 0 Å². The number of aryl methyl sites for hydroxylation is 1. The molecule has 3 amide bonds. The van der Waals surface area contributed by atoms with Crippen LogP contribution in [0.2, 0.25) is 0 Å². The second-order valence-electron chi connectivity index (χ2n) is 10.2. The summed E-state index contributed by atoms with van der Waals surface area (Å²) >= 11 is 0. The number of para-hydroxylation sites is 1. The van der Waals surface area contributed by atoms with Gasteiger partial charge in [0.1, 0.15) is 0 Å². The third-order valence-corrected chi connectivity index (χ3v) is 6.13. The molecule has 0 heterocycles. The fraction of sp³-hybridized carbons (Fsp3) is 0.323. The van der Waals surface area contributed by atoms with Crippen LogP contribution >= 0.6 is 0 Å². The minimum absolute atomic E-state index is 0.0886. The maximum atomic E-state index is 13.0. The maximum absolute atomic E-state index is 13.0.